The number of nitrogens with one attached hydrogen (secondary N) is 1. The summed E-state index contributed by atoms with van der Waals surface area (Å²) in [6.45, 7) is 3.50. The van der Waals surface area contributed by atoms with Crippen molar-refractivity contribution in [2.45, 2.75) is 20.1 Å². The number of hydrogen-bond donors (Lipinski definition) is 1. The zero-order chi connectivity index (χ0) is 21.3. The van der Waals surface area contributed by atoms with Crippen LogP contribution in [0.4, 0.5) is 0 Å². The summed E-state index contributed by atoms with van der Waals surface area (Å²) in [5, 5.41) is 3.99. The van der Waals surface area contributed by atoms with Gasteiger partial charge in [0.2, 0.25) is 0 Å². The molecule has 0 saturated carbocycles. The molecule has 0 saturated heterocycles. The SMILES string of the molecule is CCOc1cc(C(=S)NCc2cccc(OC)c2)ccc1OCc1ccc(Cl)cc1. The normalized spacial score (nSPS) is 10.4. The number of hydrogen-bond acceptors (Lipinski definition) is 4. The Labute approximate surface area is 187 Å². The van der Waals surface area contributed by atoms with Crippen LogP contribution >= 0.6 is 23.8 Å². The number of benzene rings is 3. The van der Waals surface area contributed by atoms with E-state index in [1.165, 1.54) is 0 Å². The molecule has 3 rings (SSSR count). The summed E-state index contributed by atoms with van der Waals surface area (Å²) in [6.07, 6.45) is 0. The van der Waals surface area contributed by atoms with E-state index in [0.29, 0.717) is 41.3 Å². The molecule has 0 fully saturated rings. The Morgan fingerprint density at radius 3 is 2.47 bits per heavy atom. The van der Waals surface area contributed by atoms with Crippen LogP contribution in [0.3, 0.4) is 0 Å². The average molecular weight is 442 g/mol. The Hall–Kier alpha value is -2.76. The molecule has 0 aliphatic rings. The van der Waals surface area contributed by atoms with E-state index in [2.05, 4.69) is 5.32 Å². The molecule has 3 aromatic rings. The first-order valence-corrected chi connectivity index (χ1v) is 10.4. The van der Waals surface area contributed by atoms with E-state index in [0.717, 1.165) is 22.4 Å². The summed E-state index contributed by atoms with van der Waals surface area (Å²) >= 11 is 11.5. The average Bonchev–Trinajstić information content (AvgIpc) is 2.78. The van der Waals surface area contributed by atoms with Crippen molar-refractivity contribution in [3.63, 3.8) is 0 Å². The fourth-order valence-electron chi connectivity index (χ4n) is 2.85. The van der Waals surface area contributed by atoms with Crippen LogP contribution in [0, 0.1) is 0 Å². The second kappa shape index (κ2) is 10.9. The number of thiocarbonyl (C=S) groups is 1. The Morgan fingerprint density at radius 2 is 1.73 bits per heavy atom. The third kappa shape index (κ3) is 6.12. The van der Waals surface area contributed by atoms with Crippen molar-refractivity contribution in [1.29, 1.82) is 0 Å². The van der Waals surface area contributed by atoms with Crippen molar-refractivity contribution in [1.82, 2.24) is 5.32 Å². The van der Waals surface area contributed by atoms with E-state index in [1.807, 2.05) is 73.7 Å². The molecule has 3 aromatic carbocycles. The summed E-state index contributed by atoms with van der Waals surface area (Å²) < 4.78 is 17.0. The lowest BCUT2D eigenvalue weighted by Gasteiger charge is -2.15. The van der Waals surface area contributed by atoms with Gasteiger partial charge in [0.25, 0.3) is 0 Å². The van der Waals surface area contributed by atoms with Crippen LogP contribution in [0.2, 0.25) is 5.02 Å². The van der Waals surface area contributed by atoms with E-state index in [-0.39, 0.29) is 0 Å². The van der Waals surface area contributed by atoms with Gasteiger partial charge in [-0.2, -0.15) is 0 Å². The number of halogens is 1. The van der Waals surface area contributed by atoms with Crippen molar-refractivity contribution in [2.75, 3.05) is 13.7 Å². The highest BCUT2D eigenvalue weighted by molar-refractivity contribution is 7.80. The minimum Gasteiger partial charge on any atom is -0.497 e. The highest BCUT2D eigenvalue weighted by Crippen LogP contribution is 2.29. The fraction of sp³-hybridized carbons (Fsp3) is 0.208. The molecule has 6 heteroatoms. The molecule has 0 unspecified atom stereocenters. The van der Waals surface area contributed by atoms with Gasteiger partial charge in [-0.1, -0.05) is 48.1 Å². The molecule has 0 aromatic heterocycles. The summed E-state index contributed by atoms with van der Waals surface area (Å²) in [5.41, 5.74) is 2.99. The molecule has 0 spiro atoms. The summed E-state index contributed by atoms with van der Waals surface area (Å²) in [5.74, 6) is 2.15. The molecule has 4 nitrogen and oxygen atoms in total. The number of ether oxygens (including phenoxy) is 3. The molecule has 0 aliphatic carbocycles. The van der Waals surface area contributed by atoms with Crippen LogP contribution in [-0.2, 0) is 13.2 Å². The molecule has 0 radical (unpaired) electrons. The minimum atomic E-state index is 0.426. The van der Waals surface area contributed by atoms with Gasteiger partial charge in [0, 0.05) is 17.1 Å². The lowest BCUT2D eigenvalue weighted by atomic mass is 10.1. The lowest BCUT2D eigenvalue weighted by Crippen LogP contribution is -2.21. The molecule has 0 aliphatic heterocycles. The largest absolute Gasteiger partial charge is 0.497 e. The van der Waals surface area contributed by atoms with E-state index < -0.39 is 0 Å². The molecule has 0 bridgehead atoms. The molecule has 30 heavy (non-hydrogen) atoms. The maximum absolute atomic E-state index is 5.96. The third-order valence-electron chi connectivity index (χ3n) is 4.40. The van der Waals surface area contributed by atoms with Gasteiger partial charge in [-0.05, 0) is 60.5 Å². The van der Waals surface area contributed by atoms with Gasteiger partial charge in [0.1, 0.15) is 17.3 Å². The maximum Gasteiger partial charge on any atom is 0.161 e. The molecular formula is C24H24ClNO3S. The van der Waals surface area contributed by atoms with Crippen LogP contribution in [0.15, 0.2) is 66.7 Å². The summed E-state index contributed by atoms with van der Waals surface area (Å²) in [7, 11) is 1.66. The first-order chi connectivity index (χ1) is 14.6. The second-order valence-electron chi connectivity index (χ2n) is 6.54. The van der Waals surface area contributed by atoms with Crippen molar-refractivity contribution in [3.8, 4) is 17.2 Å². The van der Waals surface area contributed by atoms with E-state index in [4.69, 9.17) is 38.0 Å². The Morgan fingerprint density at radius 1 is 0.933 bits per heavy atom. The van der Waals surface area contributed by atoms with Crippen LogP contribution in [0.1, 0.15) is 23.6 Å². The van der Waals surface area contributed by atoms with Crippen LogP contribution < -0.4 is 19.5 Å². The van der Waals surface area contributed by atoms with Crippen molar-refractivity contribution in [2.24, 2.45) is 0 Å². The quantitative estimate of drug-likeness (QED) is 0.425. The van der Waals surface area contributed by atoms with Gasteiger partial charge in [-0.15, -0.1) is 0 Å². The standard InChI is InChI=1S/C24H24ClNO3S/c1-3-28-23-14-19(24(30)26-15-18-5-4-6-21(13-18)27-2)9-12-22(23)29-16-17-7-10-20(25)11-8-17/h4-14H,3,15-16H2,1-2H3,(H,26,30). The zero-order valence-corrected chi connectivity index (χ0v) is 18.6. The summed E-state index contributed by atoms with van der Waals surface area (Å²) in [4.78, 5) is 0.642. The van der Waals surface area contributed by atoms with E-state index in [9.17, 15) is 0 Å². The predicted octanol–water partition coefficient (Wildman–Crippen LogP) is 5.79. The van der Waals surface area contributed by atoms with Crippen LogP contribution in [0.25, 0.3) is 0 Å². The third-order valence-corrected chi connectivity index (χ3v) is 5.03. The number of methoxy groups -OCH3 is 1. The van der Waals surface area contributed by atoms with Crippen molar-refractivity contribution >= 4 is 28.8 Å². The van der Waals surface area contributed by atoms with E-state index in [1.54, 1.807) is 7.11 Å². The highest BCUT2D eigenvalue weighted by atomic mass is 35.5. The second-order valence-corrected chi connectivity index (χ2v) is 7.39. The first kappa shape index (κ1) is 21.9. The Bertz CT molecular complexity index is 992. The van der Waals surface area contributed by atoms with Crippen LogP contribution in [-0.4, -0.2) is 18.7 Å². The Balaban J connectivity index is 1.66. The molecular weight excluding hydrogens is 418 g/mol. The minimum absolute atomic E-state index is 0.426. The topological polar surface area (TPSA) is 39.7 Å². The van der Waals surface area contributed by atoms with Crippen molar-refractivity contribution in [3.05, 3.63) is 88.4 Å². The fourth-order valence-corrected chi connectivity index (χ4v) is 3.17. The maximum atomic E-state index is 5.96. The zero-order valence-electron chi connectivity index (χ0n) is 17.0. The van der Waals surface area contributed by atoms with Gasteiger partial charge in [0.15, 0.2) is 11.5 Å². The molecule has 0 heterocycles. The predicted molar refractivity (Wildman–Crippen MR) is 125 cm³/mol. The van der Waals surface area contributed by atoms with Gasteiger partial charge >= 0.3 is 0 Å². The van der Waals surface area contributed by atoms with E-state index >= 15 is 0 Å². The number of rotatable bonds is 9. The van der Waals surface area contributed by atoms with Crippen LogP contribution in [0.5, 0.6) is 17.2 Å². The first-order valence-electron chi connectivity index (χ1n) is 9.64. The van der Waals surface area contributed by atoms with Gasteiger partial charge in [-0.25, -0.2) is 0 Å². The van der Waals surface area contributed by atoms with Gasteiger partial charge in [-0.3, -0.25) is 0 Å². The monoisotopic (exact) mass is 441 g/mol. The Kier molecular flexibility index (Phi) is 7.94. The van der Waals surface area contributed by atoms with Gasteiger partial charge in [0.05, 0.1) is 13.7 Å². The smallest absolute Gasteiger partial charge is 0.161 e. The molecule has 156 valence electrons. The molecule has 0 atom stereocenters. The summed E-state index contributed by atoms with van der Waals surface area (Å²) in [6, 6.07) is 21.2. The van der Waals surface area contributed by atoms with Crippen molar-refractivity contribution < 1.29 is 14.2 Å². The molecule has 1 N–H and O–H groups in total. The highest BCUT2D eigenvalue weighted by Gasteiger charge is 2.10. The molecule has 0 amide bonds. The van der Waals surface area contributed by atoms with Gasteiger partial charge < -0.3 is 19.5 Å². The lowest BCUT2D eigenvalue weighted by molar-refractivity contribution is 0.269.